The second kappa shape index (κ2) is 8.87. The number of aliphatic hydroxyl groups is 1. The Morgan fingerprint density at radius 3 is 3.00 bits per heavy atom. The number of benzene rings is 1. The number of nitrogens with one attached hydrogen (secondary N) is 2. The third kappa shape index (κ3) is 5.09. The van der Waals surface area contributed by atoms with Gasteiger partial charge in [0, 0.05) is 31.8 Å². The molecule has 1 fully saturated rings. The van der Waals surface area contributed by atoms with Crippen molar-refractivity contribution in [2.24, 2.45) is 0 Å². The maximum absolute atomic E-state index is 14.1. The number of amides is 2. The number of piperidine rings is 1. The molecule has 1 aliphatic heterocycles. The molecule has 24 heavy (non-hydrogen) atoms. The lowest BCUT2D eigenvalue weighted by Gasteiger charge is -2.35. The molecule has 134 valence electrons. The standard InChI is InChI=1S/C18H28FN3O2/c1-3-14(8-10-23)20-18(24)21-15-5-4-9-22(12-15)17-11-13(2)6-7-16(17)19/h6-7,11,14-15,23H,3-5,8-10,12H2,1-2H3,(H2,20,21,24). The van der Waals surface area contributed by atoms with Crippen LogP contribution in [0.15, 0.2) is 18.2 Å². The van der Waals surface area contributed by atoms with Gasteiger partial charge >= 0.3 is 6.03 Å². The highest BCUT2D eigenvalue weighted by Crippen LogP contribution is 2.24. The number of carbonyl (C=O) groups is 1. The Balaban J connectivity index is 1.93. The molecule has 1 saturated heterocycles. The van der Waals surface area contributed by atoms with Gasteiger partial charge in [0.05, 0.1) is 5.69 Å². The van der Waals surface area contributed by atoms with E-state index in [0.29, 0.717) is 18.7 Å². The van der Waals surface area contributed by atoms with Gasteiger partial charge in [0.25, 0.3) is 0 Å². The van der Waals surface area contributed by atoms with Crippen LogP contribution in [0, 0.1) is 12.7 Å². The Morgan fingerprint density at radius 1 is 1.50 bits per heavy atom. The van der Waals surface area contributed by atoms with Gasteiger partial charge in [-0.3, -0.25) is 0 Å². The summed E-state index contributed by atoms with van der Waals surface area (Å²) in [6.45, 7) is 5.38. The fraction of sp³-hybridized carbons (Fsp3) is 0.611. The minimum Gasteiger partial charge on any atom is -0.396 e. The monoisotopic (exact) mass is 337 g/mol. The maximum atomic E-state index is 14.1. The van der Waals surface area contributed by atoms with Crippen molar-refractivity contribution in [3.8, 4) is 0 Å². The number of aliphatic hydroxyl groups excluding tert-OH is 1. The van der Waals surface area contributed by atoms with Crippen molar-refractivity contribution in [1.29, 1.82) is 0 Å². The van der Waals surface area contributed by atoms with Crippen molar-refractivity contribution in [2.75, 3.05) is 24.6 Å². The number of hydrogen-bond donors (Lipinski definition) is 3. The number of rotatable bonds is 6. The van der Waals surface area contributed by atoms with Crippen molar-refractivity contribution in [1.82, 2.24) is 10.6 Å². The van der Waals surface area contributed by atoms with Gasteiger partial charge in [0.15, 0.2) is 0 Å². The average molecular weight is 337 g/mol. The Kier molecular flexibility index (Phi) is 6.85. The molecule has 2 unspecified atom stereocenters. The largest absolute Gasteiger partial charge is 0.396 e. The molecule has 2 amide bonds. The van der Waals surface area contributed by atoms with E-state index < -0.39 is 0 Å². The van der Waals surface area contributed by atoms with E-state index in [1.54, 1.807) is 6.07 Å². The molecule has 6 heteroatoms. The van der Waals surface area contributed by atoms with E-state index in [2.05, 4.69) is 10.6 Å². The lowest BCUT2D eigenvalue weighted by Crippen LogP contribution is -2.52. The second-order valence-corrected chi connectivity index (χ2v) is 6.48. The van der Waals surface area contributed by atoms with E-state index >= 15 is 0 Å². The van der Waals surface area contributed by atoms with Crippen LogP contribution >= 0.6 is 0 Å². The molecule has 0 aromatic heterocycles. The highest BCUT2D eigenvalue weighted by molar-refractivity contribution is 5.74. The number of halogens is 1. The summed E-state index contributed by atoms with van der Waals surface area (Å²) in [5, 5.41) is 14.9. The van der Waals surface area contributed by atoms with Crippen LogP contribution in [0.2, 0.25) is 0 Å². The summed E-state index contributed by atoms with van der Waals surface area (Å²) in [4.78, 5) is 14.1. The molecule has 3 N–H and O–H groups in total. The van der Waals surface area contributed by atoms with Gasteiger partial charge < -0.3 is 20.6 Å². The smallest absolute Gasteiger partial charge is 0.315 e. The van der Waals surface area contributed by atoms with Crippen LogP contribution in [0.3, 0.4) is 0 Å². The van der Waals surface area contributed by atoms with Crippen molar-refractivity contribution >= 4 is 11.7 Å². The highest BCUT2D eigenvalue weighted by Gasteiger charge is 2.24. The van der Waals surface area contributed by atoms with E-state index in [9.17, 15) is 9.18 Å². The predicted molar refractivity (Wildman–Crippen MR) is 93.8 cm³/mol. The summed E-state index contributed by atoms with van der Waals surface area (Å²) >= 11 is 0. The summed E-state index contributed by atoms with van der Waals surface area (Å²) in [7, 11) is 0. The van der Waals surface area contributed by atoms with Crippen LogP contribution in [0.25, 0.3) is 0 Å². The van der Waals surface area contributed by atoms with Gasteiger partial charge in [0.2, 0.25) is 0 Å². The molecular formula is C18H28FN3O2. The van der Waals surface area contributed by atoms with Crippen molar-refractivity contribution in [2.45, 2.75) is 51.6 Å². The third-order valence-electron chi connectivity index (χ3n) is 4.50. The lowest BCUT2D eigenvalue weighted by molar-refractivity contribution is 0.223. The van der Waals surface area contributed by atoms with Gasteiger partial charge in [-0.05, 0) is 50.3 Å². The van der Waals surface area contributed by atoms with Crippen molar-refractivity contribution < 1.29 is 14.3 Å². The van der Waals surface area contributed by atoms with Gasteiger partial charge in [-0.25, -0.2) is 9.18 Å². The summed E-state index contributed by atoms with van der Waals surface area (Å²) in [6.07, 6.45) is 3.12. The molecule has 0 aliphatic carbocycles. The quantitative estimate of drug-likeness (QED) is 0.747. The Labute approximate surface area is 143 Å². The SMILES string of the molecule is CCC(CCO)NC(=O)NC1CCCN(c2cc(C)ccc2F)C1. The molecule has 1 aromatic carbocycles. The number of urea groups is 1. The molecule has 2 atom stereocenters. The molecule has 0 saturated carbocycles. The molecule has 0 bridgehead atoms. The molecule has 1 heterocycles. The normalized spacial score (nSPS) is 19.0. The Morgan fingerprint density at radius 2 is 2.29 bits per heavy atom. The summed E-state index contributed by atoms with van der Waals surface area (Å²) in [5.41, 5.74) is 1.63. The number of hydrogen-bond acceptors (Lipinski definition) is 3. The van der Waals surface area contributed by atoms with Crippen molar-refractivity contribution in [3.63, 3.8) is 0 Å². The third-order valence-corrected chi connectivity index (χ3v) is 4.50. The minimum atomic E-state index is -0.223. The lowest BCUT2D eigenvalue weighted by atomic mass is 10.0. The van der Waals surface area contributed by atoms with Crippen molar-refractivity contribution in [3.05, 3.63) is 29.6 Å². The fourth-order valence-electron chi connectivity index (χ4n) is 3.13. The first-order valence-corrected chi connectivity index (χ1v) is 8.72. The first kappa shape index (κ1) is 18.5. The van der Waals surface area contributed by atoms with Crippen LogP contribution in [0.5, 0.6) is 0 Å². The highest BCUT2D eigenvalue weighted by atomic mass is 19.1. The molecule has 1 aliphatic rings. The van der Waals surface area contributed by atoms with Crippen LogP contribution in [0.4, 0.5) is 14.9 Å². The summed E-state index contributed by atoms with van der Waals surface area (Å²) in [5.74, 6) is -0.223. The second-order valence-electron chi connectivity index (χ2n) is 6.48. The van der Waals surface area contributed by atoms with E-state index in [1.165, 1.54) is 6.07 Å². The molecular weight excluding hydrogens is 309 g/mol. The average Bonchev–Trinajstić information content (AvgIpc) is 2.56. The van der Waals surface area contributed by atoms with Crippen LogP contribution in [-0.4, -0.2) is 42.9 Å². The Bertz CT molecular complexity index is 553. The van der Waals surface area contributed by atoms with Gasteiger partial charge in [-0.2, -0.15) is 0 Å². The zero-order valence-corrected chi connectivity index (χ0v) is 14.5. The molecule has 0 radical (unpaired) electrons. The maximum Gasteiger partial charge on any atom is 0.315 e. The predicted octanol–water partition coefficient (Wildman–Crippen LogP) is 2.56. The number of aryl methyl sites for hydroxylation is 1. The number of carbonyl (C=O) groups excluding carboxylic acids is 1. The number of nitrogens with zero attached hydrogens (tertiary/aromatic N) is 1. The van der Waals surface area contributed by atoms with E-state index in [1.807, 2.05) is 24.8 Å². The van der Waals surface area contributed by atoms with Gasteiger partial charge in [0.1, 0.15) is 5.82 Å². The molecule has 5 nitrogen and oxygen atoms in total. The summed E-state index contributed by atoms with van der Waals surface area (Å²) < 4.78 is 14.1. The van der Waals surface area contributed by atoms with Crippen LogP contribution < -0.4 is 15.5 Å². The molecule has 0 spiro atoms. The van der Waals surface area contributed by atoms with E-state index in [0.717, 1.165) is 31.4 Å². The van der Waals surface area contributed by atoms with E-state index in [4.69, 9.17) is 5.11 Å². The molecule has 2 rings (SSSR count). The molecule has 1 aromatic rings. The van der Waals surface area contributed by atoms with Crippen LogP contribution in [-0.2, 0) is 0 Å². The first-order valence-electron chi connectivity index (χ1n) is 8.72. The van der Waals surface area contributed by atoms with Gasteiger partial charge in [-0.1, -0.05) is 13.0 Å². The van der Waals surface area contributed by atoms with Gasteiger partial charge in [-0.15, -0.1) is 0 Å². The Hall–Kier alpha value is -1.82. The van der Waals surface area contributed by atoms with E-state index in [-0.39, 0.29) is 30.5 Å². The zero-order valence-electron chi connectivity index (χ0n) is 14.5. The summed E-state index contributed by atoms with van der Waals surface area (Å²) in [6, 6.07) is 4.86. The fourth-order valence-corrected chi connectivity index (χ4v) is 3.13. The topological polar surface area (TPSA) is 64.6 Å². The van der Waals surface area contributed by atoms with Crippen LogP contribution in [0.1, 0.15) is 38.2 Å². The minimum absolute atomic E-state index is 0.00899. The zero-order chi connectivity index (χ0) is 17.5. The number of anilines is 1. The first-order chi connectivity index (χ1) is 11.5.